The lowest BCUT2D eigenvalue weighted by Crippen LogP contribution is -2.27. The molecule has 2 nitrogen and oxygen atoms in total. The highest BCUT2D eigenvalue weighted by atomic mass is 32.1. The zero-order valence-electron chi connectivity index (χ0n) is 4.38. The normalized spacial score (nSPS) is 9.43. The van der Waals surface area contributed by atoms with E-state index in [1.165, 1.54) is 16.5 Å². The van der Waals surface area contributed by atoms with Gasteiger partial charge < -0.3 is 0 Å². The third kappa shape index (κ3) is 0.771. The van der Waals surface area contributed by atoms with E-state index in [4.69, 9.17) is 0 Å². The molecule has 0 fully saturated rings. The first-order valence-corrected chi connectivity index (χ1v) is 2.85. The Bertz CT molecular complexity index is 142. The van der Waals surface area contributed by atoms with Crippen LogP contribution in [0.3, 0.4) is 0 Å². The fourth-order valence-electron chi connectivity index (χ4n) is 0.316. The monoisotopic (exact) mass is 115 g/mol. The molecule has 1 rings (SSSR count). The van der Waals surface area contributed by atoms with Gasteiger partial charge in [0.05, 0.1) is 7.05 Å². The second-order valence-electron chi connectivity index (χ2n) is 1.44. The summed E-state index contributed by atoms with van der Waals surface area (Å²) in [5.41, 5.74) is 0. The molecular formula is C4H7N2S+. The van der Waals surface area contributed by atoms with Gasteiger partial charge >= 0.3 is 6.33 Å². The van der Waals surface area contributed by atoms with Crippen LogP contribution < -0.4 is 4.57 Å². The minimum Gasteiger partial charge on any atom is -0.224 e. The molecule has 0 spiro atoms. The summed E-state index contributed by atoms with van der Waals surface area (Å²) in [5.74, 6) is 0. The first-order chi connectivity index (χ1) is 3.30. The summed E-state index contributed by atoms with van der Waals surface area (Å²) in [6, 6.07) is 0. The van der Waals surface area contributed by atoms with Crippen LogP contribution in [0.4, 0.5) is 0 Å². The van der Waals surface area contributed by atoms with Gasteiger partial charge in [-0.3, -0.25) is 0 Å². The average Bonchev–Trinajstić information content (AvgIpc) is 1.91. The highest BCUT2D eigenvalue weighted by Crippen LogP contribution is 1.90. The van der Waals surface area contributed by atoms with Crippen LogP contribution in [0.25, 0.3) is 0 Å². The smallest absolute Gasteiger partial charge is 0.224 e. The van der Waals surface area contributed by atoms with Crippen molar-refractivity contribution in [1.29, 1.82) is 0 Å². The van der Waals surface area contributed by atoms with Crippen LogP contribution in [-0.4, -0.2) is 4.37 Å². The predicted molar refractivity (Wildman–Crippen MR) is 28.0 cm³/mol. The van der Waals surface area contributed by atoms with Gasteiger partial charge in [0.2, 0.25) is 0 Å². The third-order valence-electron chi connectivity index (χ3n) is 0.902. The van der Waals surface area contributed by atoms with Crippen LogP contribution in [0.15, 0.2) is 6.33 Å². The van der Waals surface area contributed by atoms with Gasteiger partial charge in [-0.2, -0.15) is 0 Å². The molecule has 0 radical (unpaired) electrons. The van der Waals surface area contributed by atoms with E-state index in [9.17, 15) is 0 Å². The van der Waals surface area contributed by atoms with Crippen molar-refractivity contribution in [2.24, 2.45) is 7.05 Å². The van der Waals surface area contributed by atoms with Crippen molar-refractivity contribution in [3.05, 3.63) is 11.3 Å². The lowest BCUT2D eigenvalue weighted by molar-refractivity contribution is -0.674. The van der Waals surface area contributed by atoms with E-state index in [2.05, 4.69) is 4.37 Å². The lowest BCUT2D eigenvalue weighted by Gasteiger charge is -1.75. The molecule has 0 aromatic carbocycles. The molecule has 1 aromatic rings. The van der Waals surface area contributed by atoms with Gasteiger partial charge in [-0.05, 0) is 0 Å². The summed E-state index contributed by atoms with van der Waals surface area (Å²) >= 11 is 1.52. The molecule has 7 heavy (non-hydrogen) atoms. The summed E-state index contributed by atoms with van der Waals surface area (Å²) in [7, 11) is 1.98. The van der Waals surface area contributed by atoms with E-state index in [0.717, 1.165) is 0 Å². The fourth-order valence-corrected chi connectivity index (χ4v) is 0.833. The van der Waals surface area contributed by atoms with E-state index >= 15 is 0 Å². The van der Waals surface area contributed by atoms with Crippen LogP contribution >= 0.6 is 11.5 Å². The lowest BCUT2D eigenvalue weighted by atomic mass is 10.8. The Morgan fingerprint density at radius 2 is 2.57 bits per heavy atom. The zero-order chi connectivity index (χ0) is 5.28. The predicted octanol–water partition coefficient (Wildman–Crippen LogP) is 0.276. The van der Waals surface area contributed by atoms with Crippen molar-refractivity contribution in [1.82, 2.24) is 4.37 Å². The molecule has 1 aromatic heterocycles. The number of rotatable bonds is 0. The molecule has 0 unspecified atom stereocenters. The van der Waals surface area contributed by atoms with Gasteiger partial charge in [-0.25, -0.2) is 4.57 Å². The van der Waals surface area contributed by atoms with Gasteiger partial charge in [0.1, 0.15) is 11.5 Å². The Labute approximate surface area is 46.6 Å². The van der Waals surface area contributed by atoms with Crippen LogP contribution in [-0.2, 0) is 7.05 Å². The summed E-state index contributed by atoms with van der Waals surface area (Å²) < 4.78 is 5.92. The maximum atomic E-state index is 3.93. The highest BCUT2D eigenvalue weighted by molar-refractivity contribution is 7.04. The molecule has 1 heterocycles. The number of aromatic nitrogens is 2. The number of hydrogen-bond acceptors (Lipinski definition) is 2. The molecule has 0 amide bonds. The molecule has 0 atom stereocenters. The zero-order valence-corrected chi connectivity index (χ0v) is 5.20. The van der Waals surface area contributed by atoms with E-state index in [1.807, 2.05) is 18.5 Å². The molecule has 0 aliphatic rings. The fraction of sp³-hybridized carbons (Fsp3) is 0.500. The van der Waals surface area contributed by atoms with Crippen molar-refractivity contribution < 1.29 is 4.57 Å². The first kappa shape index (κ1) is 4.71. The second-order valence-corrected chi connectivity index (χ2v) is 2.43. The van der Waals surface area contributed by atoms with Crippen molar-refractivity contribution in [2.75, 3.05) is 0 Å². The van der Waals surface area contributed by atoms with Crippen molar-refractivity contribution in [2.45, 2.75) is 6.92 Å². The highest BCUT2D eigenvalue weighted by Gasteiger charge is 1.97. The van der Waals surface area contributed by atoms with Crippen molar-refractivity contribution in [3.63, 3.8) is 0 Å². The van der Waals surface area contributed by atoms with Crippen LogP contribution in [0.1, 0.15) is 5.01 Å². The third-order valence-corrected chi connectivity index (χ3v) is 1.65. The molecule has 0 aliphatic carbocycles. The maximum Gasteiger partial charge on any atom is 0.301 e. The first-order valence-electron chi connectivity index (χ1n) is 2.07. The quantitative estimate of drug-likeness (QED) is 0.444. The van der Waals surface area contributed by atoms with Crippen LogP contribution in [0.2, 0.25) is 0 Å². The van der Waals surface area contributed by atoms with E-state index in [1.54, 1.807) is 6.33 Å². The van der Waals surface area contributed by atoms with Gasteiger partial charge in [0.15, 0.2) is 5.01 Å². The SMILES string of the molecule is Cc1snc[n+]1C. The van der Waals surface area contributed by atoms with Crippen LogP contribution in [0.5, 0.6) is 0 Å². The van der Waals surface area contributed by atoms with Gasteiger partial charge in [-0.1, -0.05) is 0 Å². The molecule has 0 aliphatic heterocycles. The number of nitrogens with zero attached hydrogens (tertiary/aromatic N) is 2. The Balaban J connectivity index is 3.12. The Morgan fingerprint density at radius 1 is 1.86 bits per heavy atom. The van der Waals surface area contributed by atoms with E-state index in [0.29, 0.717) is 0 Å². The van der Waals surface area contributed by atoms with Gasteiger partial charge in [0.25, 0.3) is 0 Å². The topological polar surface area (TPSA) is 16.8 Å². The Hall–Kier alpha value is -0.440. The van der Waals surface area contributed by atoms with Gasteiger partial charge in [-0.15, -0.1) is 0 Å². The minimum absolute atomic E-state index is 1.24. The summed E-state index contributed by atoms with van der Waals surface area (Å²) in [5, 5.41) is 1.24. The Morgan fingerprint density at radius 3 is 2.71 bits per heavy atom. The molecule has 3 heteroatoms. The van der Waals surface area contributed by atoms with Crippen LogP contribution in [0, 0.1) is 6.92 Å². The average molecular weight is 115 g/mol. The van der Waals surface area contributed by atoms with Crippen molar-refractivity contribution >= 4 is 11.5 Å². The molecule has 38 valence electrons. The van der Waals surface area contributed by atoms with E-state index < -0.39 is 0 Å². The molecular weight excluding hydrogens is 108 g/mol. The van der Waals surface area contributed by atoms with E-state index in [-0.39, 0.29) is 0 Å². The summed E-state index contributed by atoms with van der Waals surface area (Å²) in [4.78, 5) is 0. The minimum atomic E-state index is 1.24. The molecule has 0 saturated carbocycles. The molecule has 0 bridgehead atoms. The summed E-state index contributed by atoms with van der Waals surface area (Å²) in [6.07, 6.45) is 1.81. The molecule has 0 saturated heterocycles. The standard InChI is InChI=1S/C4H7N2S/c1-4-6(2)3-5-7-4/h3H,1-2H3/q+1. The largest absolute Gasteiger partial charge is 0.301 e. The maximum absolute atomic E-state index is 3.93. The van der Waals surface area contributed by atoms with Gasteiger partial charge in [0, 0.05) is 11.3 Å². The summed E-state index contributed by atoms with van der Waals surface area (Å²) in [6.45, 7) is 2.04. The number of hydrogen-bond donors (Lipinski definition) is 0. The van der Waals surface area contributed by atoms with Crippen molar-refractivity contribution in [3.8, 4) is 0 Å². The Kier molecular flexibility index (Phi) is 1.06. The molecule has 0 N–H and O–H groups in total. The number of aryl methyl sites for hydroxylation is 2. The second kappa shape index (κ2) is 1.58.